The van der Waals surface area contributed by atoms with E-state index in [2.05, 4.69) is 57.2 Å². The number of halogens is 3. The quantitative estimate of drug-likeness (QED) is 0.291. The molecule has 4 nitrogen and oxygen atoms in total. The molecule has 1 heterocycles. The van der Waals surface area contributed by atoms with Crippen LogP contribution in [0.5, 0.6) is 0 Å². The zero-order valence-electron chi connectivity index (χ0n) is 14.7. The molecule has 0 aliphatic carbocycles. The van der Waals surface area contributed by atoms with Crippen molar-refractivity contribution in [1.82, 2.24) is 14.9 Å². The van der Waals surface area contributed by atoms with E-state index in [-0.39, 0.29) is 5.92 Å². The van der Waals surface area contributed by atoms with E-state index in [1.54, 1.807) is 40.9 Å². The van der Waals surface area contributed by atoms with Crippen molar-refractivity contribution in [3.8, 4) is 0 Å². The van der Waals surface area contributed by atoms with Crippen LogP contribution in [0, 0.1) is 0 Å². The summed E-state index contributed by atoms with van der Waals surface area (Å²) >= 11 is 17.5. The van der Waals surface area contributed by atoms with Gasteiger partial charge >= 0.3 is 0 Å². The van der Waals surface area contributed by atoms with Crippen molar-refractivity contribution < 1.29 is 0 Å². The van der Waals surface area contributed by atoms with Crippen molar-refractivity contribution in [1.29, 1.82) is 0 Å². The van der Waals surface area contributed by atoms with Crippen LogP contribution in [0.1, 0.15) is 36.7 Å². The summed E-state index contributed by atoms with van der Waals surface area (Å²) in [4.78, 5) is 0. The number of hydrogen-bond donors (Lipinski definition) is 0. The zero-order chi connectivity index (χ0) is 19.4. The first-order chi connectivity index (χ1) is 13.0. The molecule has 0 fully saturated rings. The summed E-state index contributed by atoms with van der Waals surface area (Å²) in [6.07, 6.45) is 1.66. The van der Waals surface area contributed by atoms with E-state index in [1.807, 2.05) is 12.1 Å². The predicted molar refractivity (Wildman–Crippen MR) is 117 cm³/mol. The number of rotatable bonds is 6. The predicted octanol–water partition coefficient (Wildman–Crippen LogP) is 6.65. The summed E-state index contributed by atoms with van der Waals surface area (Å²) in [6.45, 7) is 4.11. The molecule has 0 saturated carbocycles. The molecule has 0 aliphatic rings. The molecule has 1 aromatic heterocycles. The highest BCUT2D eigenvalue weighted by molar-refractivity contribution is 9.10. The van der Waals surface area contributed by atoms with E-state index in [0.29, 0.717) is 15.6 Å². The Morgan fingerprint density at radius 3 is 2.41 bits per heavy atom. The van der Waals surface area contributed by atoms with Crippen LogP contribution >= 0.6 is 50.9 Å². The minimum atomic E-state index is 0.179. The van der Waals surface area contributed by atoms with Crippen LogP contribution in [-0.4, -0.2) is 21.1 Å². The molecule has 3 aromatic rings. The van der Waals surface area contributed by atoms with Crippen molar-refractivity contribution in [3.63, 3.8) is 0 Å². The standard InChI is InChI=1S/C19H17BrCl2N4S/c1-12(2)18-24-25-19(27-11-13-6-8-14(20)9-7-13)26(18)23-10-15-16(21)4-3-5-17(15)22/h3-10,12H,11H2,1-2H3. The fraction of sp³-hybridized carbons (Fsp3) is 0.211. The summed E-state index contributed by atoms with van der Waals surface area (Å²) in [5, 5.41) is 15.0. The maximum atomic E-state index is 6.24. The largest absolute Gasteiger partial charge is 0.212 e. The van der Waals surface area contributed by atoms with Crippen LogP contribution in [0.3, 0.4) is 0 Å². The molecule has 3 rings (SSSR count). The van der Waals surface area contributed by atoms with E-state index in [4.69, 9.17) is 23.2 Å². The molecular weight excluding hydrogens is 467 g/mol. The minimum Gasteiger partial charge on any atom is -0.191 e. The zero-order valence-corrected chi connectivity index (χ0v) is 18.6. The van der Waals surface area contributed by atoms with Crippen molar-refractivity contribution in [3.05, 3.63) is 73.9 Å². The van der Waals surface area contributed by atoms with Gasteiger partial charge in [-0.25, -0.2) is 0 Å². The molecule has 0 bridgehead atoms. The van der Waals surface area contributed by atoms with Gasteiger partial charge < -0.3 is 0 Å². The molecule has 0 aliphatic heterocycles. The maximum Gasteiger partial charge on any atom is 0.212 e. The topological polar surface area (TPSA) is 43.1 Å². The van der Waals surface area contributed by atoms with Crippen LogP contribution in [-0.2, 0) is 5.75 Å². The molecule has 2 aromatic carbocycles. The minimum absolute atomic E-state index is 0.179. The van der Waals surface area contributed by atoms with Gasteiger partial charge in [-0.05, 0) is 29.8 Å². The van der Waals surface area contributed by atoms with Crippen molar-refractivity contribution in [2.75, 3.05) is 0 Å². The lowest BCUT2D eigenvalue weighted by Gasteiger charge is -2.07. The molecule has 0 amide bonds. The van der Waals surface area contributed by atoms with Crippen molar-refractivity contribution in [2.45, 2.75) is 30.7 Å². The van der Waals surface area contributed by atoms with E-state index >= 15 is 0 Å². The second-order valence-electron chi connectivity index (χ2n) is 6.10. The van der Waals surface area contributed by atoms with Gasteiger partial charge in [0.15, 0.2) is 5.82 Å². The summed E-state index contributed by atoms with van der Waals surface area (Å²) in [7, 11) is 0. The highest BCUT2D eigenvalue weighted by atomic mass is 79.9. The number of aromatic nitrogens is 3. The van der Waals surface area contributed by atoms with E-state index in [0.717, 1.165) is 21.2 Å². The molecule has 0 radical (unpaired) electrons. The van der Waals surface area contributed by atoms with E-state index in [9.17, 15) is 0 Å². The lowest BCUT2D eigenvalue weighted by molar-refractivity contribution is 0.667. The van der Waals surface area contributed by atoms with Gasteiger partial charge in [0.2, 0.25) is 5.16 Å². The Morgan fingerprint density at radius 1 is 1.11 bits per heavy atom. The first-order valence-corrected chi connectivity index (χ1v) is 10.8. The van der Waals surface area contributed by atoms with Crippen molar-refractivity contribution >= 4 is 57.1 Å². The van der Waals surface area contributed by atoms with Crippen LogP contribution in [0.4, 0.5) is 0 Å². The van der Waals surface area contributed by atoms with Gasteiger partial charge in [0, 0.05) is 21.7 Å². The number of benzene rings is 2. The number of hydrogen-bond acceptors (Lipinski definition) is 4. The molecule has 8 heteroatoms. The van der Waals surface area contributed by atoms with Gasteiger partial charge in [-0.3, -0.25) is 0 Å². The molecule has 0 N–H and O–H groups in total. The van der Waals surface area contributed by atoms with E-state index in [1.165, 1.54) is 5.56 Å². The Bertz CT molecular complexity index is 935. The third-order valence-electron chi connectivity index (χ3n) is 3.74. The number of nitrogens with zero attached hydrogens (tertiary/aromatic N) is 4. The lowest BCUT2D eigenvalue weighted by atomic mass is 10.2. The smallest absolute Gasteiger partial charge is 0.191 e. The van der Waals surface area contributed by atoms with Crippen LogP contribution in [0.25, 0.3) is 0 Å². The molecule has 0 atom stereocenters. The second kappa shape index (κ2) is 9.24. The Hall–Kier alpha value is -1.34. The Balaban J connectivity index is 1.87. The van der Waals surface area contributed by atoms with Gasteiger partial charge in [0.25, 0.3) is 0 Å². The first kappa shape index (κ1) is 20.4. The third kappa shape index (κ3) is 5.13. The fourth-order valence-corrected chi connectivity index (χ4v) is 3.92. The molecule has 0 unspecified atom stereocenters. The second-order valence-corrected chi connectivity index (χ2v) is 8.77. The monoisotopic (exact) mass is 482 g/mol. The van der Waals surface area contributed by atoms with Gasteiger partial charge in [-0.1, -0.05) is 82.9 Å². The molecule has 0 spiro atoms. The number of thioether (sulfide) groups is 1. The highest BCUT2D eigenvalue weighted by Gasteiger charge is 2.15. The first-order valence-electron chi connectivity index (χ1n) is 8.26. The molecule has 140 valence electrons. The Kier molecular flexibility index (Phi) is 6.98. The molecular formula is C19H17BrCl2N4S. The molecule has 27 heavy (non-hydrogen) atoms. The van der Waals surface area contributed by atoms with Gasteiger partial charge in [0.05, 0.1) is 16.3 Å². The van der Waals surface area contributed by atoms with Crippen LogP contribution < -0.4 is 0 Å². The summed E-state index contributed by atoms with van der Waals surface area (Å²) < 4.78 is 2.82. The van der Waals surface area contributed by atoms with Gasteiger partial charge in [-0.2, -0.15) is 9.78 Å². The normalized spacial score (nSPS) is 11.6. The molecule has 0 saturated heterocycles. The van der Waals surface area contributed by atoms with Crippen LogP contribution in [0.2, 0.25) is 10.0 Å². The summed E-state index contributed by atoms with van der Waals surface area (Å²) in [5.41, 5.74) is 1.87. The lowest BCUT2D eigenvalue weighted by Crippen LogP contribution is -2.02. The van der Waals surface area contributed by atoms with Gasteiger partial charge in [0.1, 0.15) is 0 Å². The third-order valence-corrected chi connectivity index (χ3v) is 5.91. The van der Waals surface area contributed by atoms with Crippen LogP contribution in [0.15, 0.2) is 57.2 Å². The average molecular weight is 484 g/mol. The van der Waals surface area contributed by atoms with Crippen molar-refractivity contribution in [2.24, 2.45) is 5.10 Å². The van der Waals surface area contributed by atoms with E-state index < -0.39 is 0 Å². The van der Waals surface area contributed by atoms with Gasteiger partial charge in [-0.15, -0.1) is 10.2 Å². The Morgan fingerprint density at radius 2 is 1.78 bits per heavy atom. The fourth-order valence-electron chi connectivity index (χ4n) is 2.31. The summed E-state index contributed by atoms with van der Waals surface area (Å²) in [5.74, 6) is 1.73. The average Bonchev–Trinajstić information content (AvgIpc) is 3.04. The SMILES string of the molecule is CC(C)c1nnc(SCc2ccc(Br)cc2)n1N=Cc1c(Cl)cccc1Cl. The maximum absolute atomic E-state index is 6.24. The highest BCUT2D eigenvalue weighted by Crippen LogP contribution is 2.26. The Labute approximate surface area is 181 Å². The summed E-state index contributed by atoms with van der Waals surface area (Å²) in [6, 6.07) is 13.6.